The largest absolute Gasteiger partial charge is 0.338 e. The Balaban J connectivity index is 1.42. The number of fused-ring (bicyclic) bond motifs is 1. The van der Waals surface area contributed by atoms with Crippen molar-refractivity contribution >= 4 is 11.6 Å². The van der Waals surface area contributed by atoms with Gasteiger partial charge in [-0.1, -0.05) is 13.0 Å². The zero-order chi connectivity index (χ0) is 21.4. The first-order chi connectivity index (χ1) is 15.2. The molecule has 4 aromatic rings. The van der Waals surface area contributed by atoms with E-state index in [4.69, 9.17) is 0 Å². The number of benzene rings is 1. The van der Waals surface area contributed by atoms with Gasteiger partial charge >= 0.3 is 0 Å². The third-order valence-electron chi connectivity index (χ3n) is 5.92. The van der Waals surface area contributed by atoms with Crippen LogP contribution in [0.3, 0.4) is 0 Å². The third-order valence-corrected chi connectivity index (χ3v) is 5.92. The molecule has 7 nitrogen and oxygen atoms in total. The Bertz CT molecular complexity index is 1230. The summed E-state index contributed by atoms with van der Waals surface area (Å²) in [5, 5.41) is 13.1. The number of carbonyl (C=O) groups is 1. The van der Waals surface area contributed by atoms with Gasteiger partial charge in [0.1, 0.15) is 11.6 Å². The van der Waals surface area contributed by atoms with Gasteiger partial charge in [0.05, 0.1) is 23.1 Å². The van der Waals surface area contributed by atoms with Crippen LogP contribution < -0.4 is 0 Å². The van der Waals surface area contributed by atoms with Crippen molar-refractivity contribution in [2.75, 3.05) is 13.1 Å². The van der Waals surface area contributed by atoms with Gasteiger partial charge < -0.3 is 4.90 Å². The highest BCUT2D eigenvalue weighted by Crippen LogP contribution is 2.28. The van der Waals surface area contributed by atoms with Crippen LogP contribution in [0.2, 0.25) is 0 Å². The van der Waals surface area contributed by atoms with Gasteiger partial charge in [-0.3, -0.25) is 9.20 Å². The second kappa shape index (κ2) is 7.94. The standard InChI is InChI=1S/C23H23FN6O/c1-2-20-19(14-25-30(20)18-10-8-17(24)9-11-18)23(31)28-12-5-6-16(15-28)22-27-26-21-7-3-4-13-29(21)22/h3-4,7-11,13-14,16H,2,5-6,12,15H2,1H3. The molecule has 0 N–H and O–H groups in total. The number of likely N-dealkylation sites (tertiary alicyclic amines) is 1. The molecule has 1 aliphatic heterocycles. The number of hydrogen-bond donors (Lipinski definition) is 0. The van der Waals surface area contributed by atoms with Crippen LogP contribution in [0.25, 0.3) is 11.3 Å². The van der Waals surface area contributed by atoms with Gasteiger partial charge in [0, 0.05) is 25.2 Å². The molecule has 1 unspecified atom stereocenters. The molecule has 0 spiro atoms. The summed E-state index contributed by atoms with van der Waals surface area (Å²) < 4.78 is 17.0. The summed E-state index contributed by atoms with van der Waals surface area (Å²) in [5.41, 5.74) is 2.98. The molecule has 5 rings (SSSR count). The molecule has 1 amide bonds. The number of rotatable bonds is 4. The fourth-order valence-corrected chi connectivity index (χ4v) is 4.38. The van der Waals surface area contributed by atoms with E-state index in [-0.39, 0.29) is 17.6 Å². The monoisotopic (exact) mass is 418 g/mol. The van der Waals surface area contributed by atoms with E-state index < -0.39 is 0 Å². The van der Waals surface area contributed by atoms with Gasteiger partial charge in [0.25, 0.3) is 5.91 Å². The smallest absolute Gasteiger partial charge is 0.257 e. The number of pyridine rings is 1. The zero-order valence-corrected chi connectivity index (χ0v) is 17.3. The molecule has 1 atom stereocenters. The summed E-state index contributed by atoms with van der Waals surface area (Å²) in [5.74, 6) is 0.701. The molecule has 0 saturated carbocycles. The maximum absolute atomic E-state index is 13.4. The zero-order valence-electron chi connectivity index (χ0n) is 17.3. The molecule has 31 heavy (non-hydrogen) atoms. The Morgan fingerprint density at radius 2 is 2.00 bits per heavy atom. The molecular weight excluding hydrogens is 395 g/mol. The minimum Gasteiger partial charge on any atom is -0.338 e. The van der Waals surface area contributed by atoms with Crippen molar-refractivity contribution in [3.05, 3.63) is 77.8 Å². The van der Waals surface area contributed by atoms with Gasteiger partial charge in [-0.2, -0.15) is 5.10 Å². The van der Waals surface area contributed by atoms with Gasteiger partial charge in [0.15, 0.2) is 5.65 Å². The maximum Gasteiger partial charge on any atom is 0.257 e. The lowest BCUT2D eigenvalue weighted by atomic mass is 9.96. The van der Waals surface area contributed by atoms with Crippen LogP contribution in [-0.4, -0.2) is 48.3 Å². The number of halogens is 1. The van der Waals surface area contributed by atoms with Crippen LogP contribution in [0.5, 0.6) is 0 Å². The Morgan fingerprint density at radius 3 is 2.81 bits per heavy atom. The number of aromatic nitrogens is 5. The Labute approximate surface area is 179 Å². The molecule has 1 saturated heterocycles. The van der Waals surface area contributed by atoms with E-state index in [2.05, 4.69) is 15.3 Å². The highest BCUT2D eigenvalue weighted by Gasteiger charge is 2.30. The van der Waals surface area contributed by atoms with Crippen LogP contribution in [0.1, 0.15) is 47.6 Å². The van der Waals surface area contributed by atoms with E-state index in [0.29, 0.717) is 25.1 Å². The van der Waals surface area contributed by atoms with Crippen molar-refractivity contribution in [1.29, 1.82) is 0 Å². The number of piperidine rings is 1. The maximum atomic E-state index is 13.4. The predicted molar refractivity (Wildman–Crippen MR) is 114 cm³/mol. The summed E-state index contributed by atoms with van der Waals surface area (Å²) in [6.45, 7) is 3.30. The van der Waals surface area contributed by atoms with Crippen LogP contribution >= 0.6 is 0 Å². The first-order valence-corrected chi connectivity index (χ1v) is 10.6. The van der Waals surface area contributed by atoms with Crippen molar-refractivity contribution in [1.82, 2.24) is 29.3 Å². The van der Waals surface area contributed by atoms with E-state index in [1.165, 1.54) is 12.1 Å². The Hall–Kier alpha value is -3.55. The molecule has 8 heteroatoms. The Kier molecular flexibility index (Phi) is 4.97. The average Bonchev–Trinajstić information content (AvgIpc) is 3.43. The number of nitrogens with zero attached hydrogens (tertiary/aromatic N) is 6. The van der Waals surface area contributed by atoms with E-state index in [0.717, 1.165) is 35.7 Å². The van der Waals surface area contributed by atoms with E-state index in [1.807, 2.05) is 40.6 Å². The summed E-state index contributed by atoms with van der Waals surface area (Å²) in [7, 11) is 0. The average molecular weight is 418 g/mol. The van der Waals surface area contributed by atoms with Crippen LogP contribution in [-0.2, 0) is 6.42 Å². The second-order valence-electron chi connectivity index (χ2n) is 7.82. The summed E-state index contributed by atoms with van der Waals surface area (Å²) in [4.78, 5) is 15.3. The number of carbonyl (C=O) groups excluding carboxylic acids is 1. The molecule has 1 fully saturated rings. The molecular formula is C23H23FN6O. The third kappa shape index (κ3) is 3.48. The van der Waals surface area contributed by atoms with E-state index >= 15 is 0 Å². The molecule has 1 aliphatic rings. The van der Waals surface area contributed by atoms with Crippen molar-refractivity contribution in [3.8, 4) is 5.69 Å². The predicted octanol–water partition coefficient (Wildman–Crippen LogP) is 3.64. The first kappa shape index (κ1) is 19.4. The molecule has 158 valence electrons. The summed E-state index contributed by atoms with van der Waals surface area (Å²) in [6, 6.07) is 12.0. The van der Waals surface area contributed by atoms with Crippen molar-refractivity contribution in [2.24, 2.45) is 0 Å². The lowest BCUT2D eigenvalue weighted by molar-refractivity contribution is 0.0703. The molecule has 0 bridgehead atoms. The van der Waals surface area contributed by atoms with Crippen LogP contribution in [0.4, 0.5) is 4.39 Å². The molecule has 1 aromatic carbocycles. The minimum atomic E-state index is -0.300. The van der Waals surface area contributed by atoms with Crippen LogP contribution in [0, 0.1) is 5.82 Å². The van der Waals surface area contributed by atoms with Crippen LogP contribution in [0.15, 0.2) is 54.9 Å². The number of hydrogen-bond acceptors (Lipinski definition) is 4. The number of amides is 1. The van der Waals surface area contributed by atoms with Crippen molar-refractivity contribution in [3.63, 3.8) is 0 Å². The van der Waals surface area contributed by atoms with E-state index in [1.54, 1.807) is 23.0 Å². The fourth-order valence-electron chi connectivity index (χ4n) is 4.38. The fraction of sp³-hybridized carbons (Fsp3) is 0.304. The van der Waals surface area contributed by atoms with Gasteiger partial charge in [0.2, 0.25) is 0 Å². The first-order valence-electron chi connectivity index (χ1n) is 10.6. The highest BCUT2D eigenvalue weighted by molar-refractivity contribution is 5.95. The summed E-state index contributed by atoms with van der Waals surface area (Å²) >= 11 is 0. The van der Waals surface area contributed by atoms with Crippen molar-refractivity contribution < 1.29 is 9.18 Å². The quantitative estimate of drug-likeness (QED) is 0.508. The molecule has 4 heterocycles. The lowest BCUT2D eigenvalue weighted by Gasteiger charge is -2.32. The Morgan fingerprint density at radius 1 is 1.16 bits per heavy atom. The normalized spacial score (nSPS) is 16.7. The van der Waals surface area contributed by atoms with E-state index in [9.17, 15) is 9.18 Å². The van der Waals surface area contributed by atoms with Gasteiger partial charge in [-0.15, -0.1) is 10.2 Å². The van der Waals surface area contributed by atoms with Crippen molar-refractivity contribution in [2.45, 2.75) is 32.1 Å². The SMILES string of the molecule is CCc1c(C(=O)N2CCCC(c3nnc4ccccn34)C2)cnn1-c1ccc(F)cc1. The lowest BCUT2D eigenvalue weighted by Crippen LogP contribution is -2.39. The van der Waals surface area contributed by atoms with Gasteiger partial charge in [-0.25, -0.2) is 9.07 Å². The topological polar surface area (TPSA) is 68.3 Å². The minimum absolute atomic E-state index is 0.0243. The molecule has 0 radical (unpaired) electrons. The molecule has 0 aliphatic carbocycles. The molecule has 3 aromatic heterocycles. The second-order valence-corrected chi connectivity index (χ2v) is 7.82. The highest BCUT2D eigenvalue weighted by atomic mass is 19.1. The summed E-state index contributed by atoms with van der Waals surface area (Å²) in [6.07, 6.45) is 6.11. The van der Waals surface area contributed by atoms with Gasteiger partial charge in [-0.05, 0) is 55.7 Å².